The minimum absolute atomic E-state index is 1.81. The Bertz CT molecular complexity index is 71.1. The summed E-state index contributed by atoms with van der Waals surface area (Å²) in [6.07, 6.45) is 0. The van der Waals surface area contributed by atoms with Crippen molar-refractivity contribution < 1.29 is 62.6 Å². The molecule has 0 aromatic heterocycles. The third-order valence-electron chi connectivity index (χ3n) is 0. The molecule has 0 bridgehead atoms. The molecular formula is H2O7V2. The molecule has 0 atom stereocenters. The minimum atomic E-state index is -1.81. The van der Waals surface area contributed by atoms with Gasteiger partial charge in [0, 0.05) is 0 Å². The SMILES string of the molecule is OOO.[O]=[V]=[O].[O]=[V]=[O]. The predicted octanol–water partition coefficient (Wildman–Crippen LogP) is -0.531. The quantitative estimate of drug-likeness (QED) is 0.412. The zero-order valence-electron chi connectivity index (χ0n) is 3.83. The van der Waals surface area contributed by atoms with Crippen LogP contribution in [0.2, 0.25) is 0 Å². The van der Waals surface area contributed by atoms with E-state index in [1.165, 1.54) is 0 Å². The van der Waals surface area contributed by atoms with E-state index in [9.17, 15) is 0 Å². The van der Waals surface area contributed by atoms with E-state index in [0.29, 0.717) is 0 Å². The summed E-state index contributed by atoms with van der Waals surface area (Å²) in [5.41, 5.74) is 0. The van der Waals surface area contributed by atoms with Crippen LogP contribution in [0.25, 0.3) is 0 Å². The number of rotatable bonds is 0. The van der Waals surface area contributed by atoms with Gasteiger partial charge >= 0.3 is 47.1 Å². The van der Waals surface area contributed by atoms with Gasteiger partial charge in [-0.15, -0.1) is 0 Å². The average molecular weight is 216 g/mol. The molecule has 0 aliphatic rings. The summed E-state index contributed by atoms with van der Waals surface area (Å²) in [6, 6.07) is 0. The van der Waals surface area contributed by atoms with E-state index in [4.69, 9.17) is 25.2 Å². The standard InChI is InChI=1S/H2O3.4O.2V/c1-3-2;;;;;;/h1-2H;;;;;;. The molecule has 0 aliphatic heterocycles. The van der Waals surface area contributed by atoms with Crippen LogP contribution in [0.15, 0.2) is 0 Å². The average Bonchev–Trinajstić information content (AvgIpc) is 1.70. The second-order valence-electron chi connectivity index (χ2n) is 0.231. The van der Waals surface area contributed by atoms with Crippen molar-refractivity contribution >= 4 is 0 Å². The van der Waals surface area contributed by atoms with Crippen molar-refractivity contribution in [3.05, 3.63) is 0 Å². The topological polar surface area (TPSA) is 118 Å². The van der Waals surface area contributed by atoms with Gasteiger partial charge < -0.3 is 0 Å². The van der Waals surface area contributed by atoms with Gasteiger partial charge in [-0.3, -0.25) is 0 Å². The molecule has 0 spiro atoms. The van der Waals surface area contributed by atoms with E-state index in [1.54, 1.807) is 0 Å². The summed E-state index contributed by atoms with van der Waals surface area (Å²) in [6.45, 7) is 0. The Kier molecular flexibility index (Phi) is 73.5. The van der Waals surface area contributed by atoms with Gasteiger partial charge in [-0.05, 0) is 0 Å². The van der Waals surface area contributed by atoms with E-state index in [-0.39, 0.29) is 0 Å². The summed E-state index contributed by atoms with van der Waals surface area (Å²) >= 11 is -3.62. The van der Waals surface area contributed by atoms with Gasteiger partial charge in [0.05, 0.1) is 0 Å². The van der Waals surface area contributed by atoms with E-state index in [0.717, 1.165) is 0 Å². The van der Waals surface area contributed by atoms with Gasteiger partial charge in [0.2, 0.25) is 0 Å². The monoisotopic (exact) mass is 216 g/mol. The molecule has 0 heterocycles. The molecule has 2 N–H and O–H groups in total. The van der Waals surface area contributed by atoms with Crippen molar-refractivity contribution in [2.45, 2.75) is 0 Å². The van der Waals surface area contributed by atoms with Crippen LogP contribution in [0.3, 0.4) is 0 Å². The van der Waals surface area contributed by atoms with Crippen LogP contribution >= 0.6 is 0 Å². The molecule has 9 heavy (non-hydrogen) atoms. The third-order valence-corrected chi connectivity index (χ3v) is 0. The van der Waals surface area contributed by atoms with Crippen molar-refractivity contribution in [3.63, 3.8) is 0 Å². The molecule has 0 saturated heterocycles. The molecule has 0 aromatic carbocycles. The molecule has 9 heteroatoms. The van der Waals surface area contributed by atoms with Gasteiger partial charge in [-0.1, -0.05) is 5.04 Å². The summed E-state index contributed by atoms with van der Waals surface area (Å²) in [7, 11) is 0. The fourth-order valence-corrected chi connectivity index (χ4v) is 0. The van der Waals surface area contributed by atoms with Crippen molar-refractivity contribution in [3.8, 4) is 0 Å². The Morgan fingerprint density at radius 2 is 0.889 bits per heavy atom. The normalized spacial score (nSPS) is 3.78. The first kappa shape index (κ1) is 16.1. The summed E-state index contributed by atoms with van der Waals surface area (Å²) < 4.78 is 33.9. The second kappa shape index (κ2) is 41.1. The Labute approximate surface area is 62.9 Å². The molecule has 0 rings (SSSR count). The molecule has 0 fully saturated rings. The molecule has 0 unspecified atom stereocenters. The Hall–Kier alpha value is 0.249. The molecule has 0 amide bonds. The number of hydrogen-bond donors (Lipinski definition) is 2. The molecule has 0 aliphatic carbocycles. The van der Waals surface area contributed by atoms with Crippen LogP contribution in [-0.2, 0) is 52.1 Å². The molecule has 0 saturated carbocycles. The van der Waals surface area contributed by atoms with Gasteiger partial charge in [0.1, 0.15) is 0 Å². The van der Waals surface area contributed by atoms with E-state index in [1.807, 2.05) is 0 Å². The molecular weight excluding hydrogens is 214 g/mol. The first-order valence-corrected chi connectivity index (χ1v) is 3.38. The zero-order valence-corrected chi connectivity index (χ0v) is 6.62. The van der Waals surface area contributed by atoms with E-state index < -0.39 is 32.4 Å². The number of hydrogen-bond acceptors (Lipinski definition) is 7. The van der Waals surface area contributed by atoms with Gasteiger partial charge in [-0.25, -0.2) is 10.5 Å². The van der Waals surface area contributed by atoms with Crippen LogP contribution in [0, 0.1) is 0 Å². The summed E-state index contributed by atoms with van der Waals surface area (Å²) in [5, 5.41) is 15.5. The van der Waals surface area contributed by atoms with Gasteiger partial charge in [0.25, 0.3) is 0 Å². The van der Waals surface area contributed by atoms with Crippen molar-refractivity contribution in [1.29, 1.82) is 0 Å². The molecule has 0 aromatic rings. The zero-order chi connectivity index (χ0) is 8.12. The van der Waals surface area contributed by atoms with Crippen LogP contribution in [-0.4, -0.2) is 10.5 Å². The maximum absolute atomic E-state index is 8.47. The van der Waals surface area contributed by atoms with Gasteiger partial charge in [0.15, 0.2) is 0 Å². The van der Waals surface area contributed by atoms with Crippen LogP contribution in [0.5, 0.6) is 0 Å². The fraction of sp³-hybridized carbons (Fsp3) is 0. The Morgan fingerprint density at radius 3 is 0.889 bits per heavy atom. The summed E-state index contributed by atoms with van der Waals surface area (Å²) in [4.78, 5) is 0. The second-order valence-corrected chi connectivity index (χ2v) is 0.696. The fourth-order valence-electron chi connectivity index (χ4n) is 0. The Morgan fingerprint density at radius 1 is 0.889 bits per heavy atom. The first-order chi connectivity index (χ1) is 4.24. The molecule has 7 nitrogen and oxygen atoms in total. The van der Waals surface area contributed by atoms with Crippen LogP contribution in [0.1, 0.15) is 0 Å². The van der Waals surface area contributed by atoms with Crippen LogP contribution < -0.4 is 0 Å². The first-order valence-electron chi connectivity index (χ1n) is 1.10. The Balaban J connectivity index is -0.0000000600. The molecule has 54 valence electrons. The molecule has 0 radical (unpaired) electrons. The van der Waals surface area contributed by atoms with Crippen molar-refractivity contribution in [2.24, 2.45) is 0 Å². The maximum atomic E-state index is 8.47. The third kappa shape index (κ3) is 5200. The van der Waals surface area contributed by atoms with Crippen molar-refractivity contribution in [1.82, 2.24) is 0 Å². The predicted molar refractivity (Wildman–Crippen MR) is 9.09 cm³/mol. The van der Waals surface area contributed by atoms with E-state index >= 15 is 0 Å². The summed E-state index contributed by atoms with van der Waals surface area (Å²) in [5.74, 6) is 0. The van der Waals surface area contributed by atoms with Crippen LogP contribution in [0.4, 0.5) is 0 Å². The van der Waals surface area contributed by atoms with Gasteiger partial charge in [-0.2, -0.15) is 0 Å². The van der Waals surface area contributed by atoms with E-state index in [2.05, 4.69) is 5.04 Å². The van der Waals surface area contributed by atoms with Crippen molar-refractivity contribution in [2.75, 3.05) is 0 Å².